The van der Waals surface area contributed by atoms with Crippen LogP contribution < -0.4 is 10.0 Å². The summed E-state index contributed by atoms with van der Waals surface area (Å²) in [5.74, 6) is 0.646. The summed E-state index contributed by atoms with van der Waals surface area (Å²) < 4.78 is 29.0. The Kier molecular flexibility index (Phi) is 3.38. The van der Waals surface area contributed by atoms with E-state index >= 15 is 0 Å². The molecule has 0 atom stereocenters. The fraction of sp³-hybridized carbons (Fsp3) is 0.267. The molecular weight excluding hydrogens is 328 g/mol. The molecule has 1 aromatic carbocycles. The van der Waals surface area contributed by atoms with E-state index in [1.54, 1.807) is 13.1 Å². The van der Waals surface area contributed by atoms with Crippen LogP contribution in [0.25, 0.3) is 11.0 Å². The van der Waals surface area contributed by atoms with Crippen molar-refractivity contribution in [3.63, 3.8) is 0 Å². The molecule has 1 fully saturated rings. The lowest BCUT2D eigenvalue weighted by Gasteiger charge is -2.12. The van der Waals surface area contributed by atoms with E-state index in [-0.39, 0.29) is 10.7 Å². The van der Waals surface area contributed by atoms with Gasteiger partial charge in [0.15, 0.2) is 11.6 Å². The van der Waals surface area contributed by atoms with Crippen molar-refractivity contribution in [3.8, 4) is 0 Å². The van der Waals surface area contributed by atoms with Gasteiger partial charge >= 0.3 is 0 Å². The molecule has 1 saturated carbocycles. The Hall–Kier alpha value is -2.68. The normalized spacial score (nSPS) is 14.7. The molecule has 124 valence electrons. The highest BCUT2D eigenvalue weighted by atomic mass is 32.2. The van der Waals surface area contributed by atoms with Crippen molar-refractivity contribution in [2.75, 3.05) is 10.0 Å². The van der Waals surface area contributed by atoms with Crippen LogP contribution in [0.4, 0.5) is 11.6 Å². The molecule has 4 rings (SSSR count). The van der Waals surface area contributed by atoms with Gasteiger partial charge in [-0.2, -0.15) is 5.10 Å². The van der Waals surface area contributed by atoms with Gasteiger partial charge in [0, 0.05) is 19.3 Å². The van der Waals surface area contributed by atoms with Crippen LogP contribution in [0.15, 0.2) is 41.6 Å². The number of aromatic nitrogens is 4. The van der Waals surface area contributed by atoms with Crippen LogP contribution in [0, 0.1) is 0 Å². The Morgan fingerprint density at radius 3 is 2.38 bits per heavy atom. The van der Waals surface area contributed by atoms with Gasteiger partial charge in [-0.25, -0.2) is 18.4 Å². The predicted molar refractivity (Wildman–Crippen MR) is 90.2 cm³/mol. The molecule has 24 heavy (non-hydrogen) atoms. The smallest absolute Gasteiger partial charge is 0.266 e. The molecule has 0 bridgehead atoms. The summed E-state index contributed by atoms with van der Waals surface area (Å²) in [6, 6.07) is 7.68. The summed E-state index contributed by atoms with van der Waals surface area (Å²) >= 11 is 0. The first-order valence-corrected chi connectivity index (χ1v) is 9.04. The Labute approximate surface area is 139 Å². The van der Waals surface area contributed by atoms with Crippen molar-refractivity contribution in [2.45, 2.75) is 23.8 Å². The lowest BCUT2D eigenvalue weighted by Crippen LogP contribution is -2.16. The second-order valence-corrected chi connectivity index (χ2v) is 7.47. The average molecular weight is 344 g/mol. The van der Waals surface area contributed by atoms with Crippen LogP contribution in [0.2, 0.25) is 0 Å². The lowest BCUT2D eigenvalue weighted by molar-refractivity contribution is 0.601. The third-order valence-electron chi connectivity index (χ3n) is 3.71. The first-order valence-electron chi connectivity index (χ1n) is 7.56. The number of nitrogens with zero attached hydrogens (tertiary/aromatic N) is 4. The van der Waals surface area contributed by atoms with Gasteiger partial charge in [-0.3, -0.25) is 9.40 Å². The molecule has 8 nitrogen and oxygen atoms in total. The predicted octanol–water partition coefficient (Wildman–Crippen LogP) is 1.74. The highest BCUT2D eigenvalue weighted by Crippen LogP contribution is 2.29. The topological polar surface area (TPSA) is 102 Å². The van der Waals surface area contributed by atoms with Crippen molar-refractivity contribution in [1.29, 1.82) is 0 Å². The number of aryl methyl sites for hydroxylation is 1. The quantitative estimate of drug-likeness (QED) is 0.731. The van der Waals surface area contributed by atoms with Crippen molar-refractivity contribution in [3.05, 3.63) is 36.7 Å². The summed E-state index contributed by atoms with van der Waals surface area (Å²) in [5.41, 5.74) is 1.34. The van der Waals surface area contributed by atoms with Crippen molar-refractivity contribution < 1.29 is 8.42 Å². The number of para-hydroxylation sites is 2. The standard InChI is InChI=1S/C15H16N6O2S/c1-21-9-11(8-16-21)24(22,23)20-15-14(17-10-6-7-10)18-12-4-2-3-5-13(12)19-15/h2-5,8-10H,6-7H2,1H3,(H,17,18)(H,19,20). The molecule has 0 radical (unpaired) electrons. The summed E-state index contributed by atoms with van der Waals surface area (Å²) in [7, 11) is -2.11. The highest BCUT2D eigenvalue weighted by Gasteiger charge is 2.25. The molecule has 0 spiro atoms. The molecule has 0 amide bonds. The zero-order valence-electron chi connectivity index (χ0n) is 13.0. The number of rotatable bonds is 5. The summed E-state index contributed by atoms with van der Waals surface area (Å²) in [5, 5.41) is 7.14. The molecule has 0 unspecified atom stereocenters. The molecule has 1 aliphatic carbocycles. The van der Waals surface area contributed by atoms with Gasteiger partial charge in [-0.15, -0.1) is 0 Å². The monoisotopic (exact) mass is 344 g/mol. The molecule has 0 saturated heterocycles. The molecular formula is C15H16N6O2S. The number of anilines is 2. The van der Waals surface area contributed by atoms with Crippen LogP contribution in [-0.4, -0.2) is 34.2 Å². The van der Waals surface area contributed by atoms with E-state index < -0.39 is 10.0 Å². The molecule has 3 aromatic rings. The van der Waals surface area contributed by atoms with Gasteiger partial charge in [-0.1, -0.05) is 12.1 Å². The van der Waals surface area contributed by atoms with E-state index in [2.05, 4.69) is 25.1 Å². The molecule has 2 heterocycles. The van der Waals surface area contributed by atoms with E-state index in [9.17, 15) is 8.42 Å². The zero-order valence-corrected chi connectivity index (χ0v) is 13.8. The van der Waals surface area contributed by atoms with Crippen LogP contribution in [-0.2, 0) is 17.1 Å². The largest absolute Gasteiger partial charge is 0.364 e. The van der Waals surface area contributed by atoms with E-state index in [0.29, 0.717) is 22.9 Å². The third-order valence-corrected chi connectivity index (χ3v) is 5.00. The van der Waals surface area contributed by atoms with Crippen molar-refractivity contribution >= 4 is 32.7 Å². The fourth-order valence-electron chi connectivity index (χ4n) is 2.32. The summed E-state index contributed by atoms with van der Waals surface area (Å²) in [6.45, 7) is 0. The molecule has 2 N–H and O–H groups in total. The number of hydrogen-bond donors (Lipinski definition) is 2. The second kappa shape index (κ2) is 5.45. The minimum atomic E-state index is -3.77. The first-order chi connectivity index (χ1) is 11.5. The van der Waals surface area contributed by atoms with Gasteiger partial charge in [0.05, 0.1) is 17.2 Å². The molecule has 1 aliphatic rings. The third kappa shape index (κ3) is 2.90. The average Bonchev–Trinajstić information content (AvgIpc) is 3.25. The van der Waals surface area contributed by atoms with Crippen molar-refractivity contribution in [2.24, 2.45) is 7.05 Å². The maximum Gasteiger partial charge on any atom is 0.266 e. The molecule has 9 heteroatoms. The van der Waals surface area contributed by atoms with Gasteiger partial charge in [0.1, 0.15) is 4.90 Å². The van der Waals surface area contributed by atoms with E-state index in [4.69, 9.17) is 0 Å². The number of hydrogen-bond acceptors (Lipinski definition) is 6. The number of nitrogens with one attached hydrogen (secondary N) is 2. The van der Waals surface area contributed by atoms with E-state index in [0.717, 1.165) is 12.8 Å². The van der Waals surface area contributed by atoms with Gasteiger partial charge < -0.3 is 5.32 Å². The zero-order chi connectivity index (χ0) is 16.7. The Balaban J connectivity index is 1.76. The first kappa shape index (κ1) is 14.9. The van der Waals surface area contributed by atoms with Crippen LogP contribution in [0.5, 0.6) is 0 Å². The number of benzene rings is 1. The van der Waals surface area contributed by atoms with Crippen molar-refractivity contribution in [1.82, 2.24) is 19.7 Å². The molecule has 0 aliphatic heterocycles. The fourth-order valence-corrected chi connectivity index (χ4v) is 3.31. The summed E-state index contributed by atoms with van der Waals surface area (Å²) in [4.78, 5) is 9.03. The van der Waals surface area contributed by atoms with Crippen LogP contribution in [0.3, 0.4) is 0 Å². The van der Waals surface area contributed by atoms with E-state index in [1.165, 1.54) is 17.1 Å². The van der Waals surface area contributed by atoms with Gasteiger partial charge in [0.2, 0.25) is 0 Å². The molecule has 2 aromatic heterocycles. The van der Waals surface area contributed by atoms with Crippen LogP contribution >= 0.6 is 0 Å². The Morgan fingerprint density at radius 2 is 1.79 bits per heavy atom. The minimum Gasteiger partial charge on any atom is -0.364 e. The second-order valence-electron chi connectivity index (χ2n) is 5.78. The van der Waals surface area contributed by atoms with Gasteiger partial charge in [-0.05, 0) is 25.0 Å². The Morgan fingerprint density at radius 1 is 1.12 bits per heavy atom. The van der Waals surface area contributed by atoms with E-state index in [1.807, 2.05) is 18.2 Å². The maximum absolute atomic E-state index is 12.5. The summed E-state index contributed by atoms with van der Waals surface area (Å²) in [6.07, 6.45) is 4.82. The lowest BCUT2D eigenvalue weighted by atomic mass is 10.3. The maximum atomic E-state index is 12.5. The van der Waals surface area contributed by atoms with Gasteiger partial charge in [0.25, 0.3) is 10.0 Å². The Bertz CT molecular complexity index is 1010. The highest BCUT2D eigenvalue weighted by molar-refractivity contribution is 7.92. The minimum absolute atomic E-state index is 0.0809. The number of fused-ring (bicyclic) bond motifs is 1. The van der Waals surface area contributed by atoms with Crippen LogP contribution in [0.1, 0.15) is 12.8 Å². The SMILES string of the molecule is Cn1cc(S(=O)(=O)Nc2nc3ccccc3nc2NC2CC2)cn1. The number of sulfonamides is 1.